The van der Waals surface area contributed by atoms with Gasteiger partial charge in [0.15, 0.2) is 0 Å². The molecule has 1 saturated carbocycles. The third kappa shape index (κ3) is 4.55. The van der Waals surface area contributed by atoms with Crippen LogP contribution in [0.4, 0.5) is 13.2 Å². The van der Waals surface area contributed by atoms with E-state index in [-0.39, 0.29) is 18.5 Å². The average Bonchev–Trinajstić information content (AvgIpc) is 3.54. The van der Waals surface area contributed by atoms with Crippen LogP contribution in [-0.2, 0) is 23.9 Å². The van der Waals surface area contributed by atoms with E-state index in [1.807, 2.05) is 4.68 Å². The van der Waals surface area contributed by atoms with Crippen molar-refractivity contribution in [2.45, 2.75) is 76.4 Å². The standard InChI is InChI=1S/C24H31F3N6O2/c1-16(34)23(6-2-20(11-23)31-7-3-19(4-8-31)33-15-28-14-30-33)22(35)32-9-5-21-17(13-32)10-18(12-29-21)24(25,26)27/h10,12,14-16,19-20,34H,2-9,11,13H2,1H3. The maximum absolute atomic E-state index is 13.8. The fraction of sp³-hybridized carbons (Fsp3) is 0.667. The van der Waals surface area contributed by atoms with Crippen LogP contribution in [0.3, 0.4) is 0 Å². The molecule has 1 saturated heterocycles. The lowest BCUT2D eigenvalue weighted by Crippen LogP contribution is -2.51. The maximum atomic E-state index is 13.8. The number of halogens is 3. The number of aromatic nitrogens is 4. The van der Waals surface area contributed by atoms with Gasteiger partial charge in [-0.25, -0.2) is 9.67 Å². The molecule has 2 aromatic heterocycles. The van der Waals surface area contributed by atoms with Gasteiger partial charge in [-0.05, 0) is 50.7 Å². The molecule has 1 N–H and O–H groups in total. The van der Waals surface area contributed by atoms with E-state index >= 15 is 0 Å². The Morgan fingerprint density at radius 2 is 1.97 bits per heavy atom. The molecule has 3 atom stereocenters. The third-order valence-electron chi connectivity index (χ3n) is 8.23. The van der Waals surface area contributed by atoms with E-state index in [2.05, 4.69) is 20.0 Å². The van der Waals surface area contributed by atoms with Crippen LogP contribution >= 0.6 is 0 Å². The molecule has 2 fully saturated rings. The van der Waals surface area contributed by atoms with E-state index in [0.717, 1.165) is 44.6 Å². The summed E-state index contributed by atoms with van der Waals surface area (Å²) in [5.41, 5.74) is -0.677. The van der Waals surface area contributed by atoms with Gasteiger partial charge in [0.05, 0.1) is 23.1 Å². The van der Waals surface area contributed by atoms with Gasteiger partial charge in [-0.1, -0.05) is 0 Å². The van der Waals surface area contributed by atoms with Crippen LogP contribution in [-0.4, -0.2) is 72.3 Å². The molecule has 0 aromatic carbocycles. The van der Waals surface area contributed by atoms with Crippen LogP contribution in [0.2, 0.25) is 0 Å². The molecule has 11 heteroatoms. The van der Waals surface area contributed by atoms with Crippen molar-refractivity contribution in [1.29, 1.82) is 0 Å². The number of fused-ring (bicyclic) bond motifs is 1. The third-order valence-corrected chi connectivity index (χ3v) is 8.23. The quantitative estimate of drug-likeness (QED) is 0.707. The predicted molar refractivity (Wildman–Crippen MR) is 120 cm³/mol. The predicted octanol–water partition coefficient (Wildman–Crippen LogP) is 2.83. The average molecular weight is 493 g/mol. The number of likely N-dealkylation sites (tertiary alicyclic amines) is 1. The van der Waals surface area contributed by atoms with Crippen molar-refractivity contribution in [2.24, 2.45) is 5.41 Å². The molecule has 0 radical (unpaired) electrons. The van der Waals surface area contributed by atoms with Crippen LogP contribution in [0.15, 0.2) is 24.9 Å². The van der Waals surface area contributed by atoms with Gasteiger partial charge in [-0.3, -0.25) is 9.78 Å². The van der Waals surface area contributed by atoms with Gasteiger partial charge in [0.2, 0.25) is 5.91 Å². The van der Waals surface area contributed by atoms with Gasteiger partial charge in [0, 0.05) is 50.5 Å². The van der Waals surface area contributed by atoms with Crippen LogP contribution in [0.1, 0.15) is 61.9 Å². The molecule has 3 aliphatic rings. The fourth-order valence-corrected chi connectivity index (χ4v) is 6.10. The number of nitrogens with zero attached hydrogens (tertiary/aromatic N) is 6. The van der Waals surface area contributed by atoms with Gasteiger partial charge < -0.3 is 14.9 Å². The minimum atomic E-state index is -4.48. The smallest absolute Gasteiger partial charge is 0.392 e. The Kier molecular flexibility index (Phi) is 6.33. The number of pyridine rings is 1. The second-order valence-electron chi connectivity index (χ2n) is 10.2. The first kappa shape index (κ1) is 24.2. The number of aliphatic hydroxyl groups is 1. The summed E-state index contributed by atoms with van der Waals surface area (Å²) in [7, 11) is 0. The summed E-state index contributed by atoms with van der Waals surface area (Å²) in [6, 6.07) is 1.62. The maximum Gasteiger partial charge on any atom is 0.417 e. The van der Waals surface area contributed by atoms with Crippen LogP contribution in [0, 0.1) is 5.41 Å². The monoisotopic (exact) mass is 492 g/mol. The molecule has 35 heavy (non-hydrogen) atoms. The molecule has 3 unspecified atom stereocenters. The van der Waals surface area contributed by atoms with Crippen LogP contribution in [0.25, 0.3) is 0 Å². The number of hydrogen-bond donors (Lipinski definition) is 1. The summed E-state index contributed by atoms with van der Waals surface area (Å²) in [5.74, 6) is -0.157. The highest BCUT2D eigenvalue weighted by atomic mass is 19.4. The van der Waals surface area contributed by atoms with Crippen molar-refractivity contribution in [3.63, 3.8) is 0 Å². The molecule has 2 aromatic rings. The first-order valence-corrected chi connectivity index (χ1v) is 12.3. The summed E-state index contributed by atoms with van der Waals surface area (Å²) in [5, 5.41) is 15.0. The van der Waals surface area contributed by atoms with Crippen molar-refractivity contribution >= 4 is 5.91 Å². The zero-order chi connectivity index (χ0) is 24.8. The molecule has 190 valence electrons. The van der Waals surface area contributed by atoms with Gasteiger partial charge in [0.25, 0.3) is 0 Å². The lowest BCUT2D eigenvalue weighted by molar-refractivity contribution is -0.150. The Balaban J connectivity index is 1.27. The molecule has 0 bridgehead atoms. The van der Waals surface area contributed by atoms with Gasteiger partial charge in [-0.15, -0.1) is 0 Å². The summed E-state index contributed by atoms with van der Waals surface area (Å²) in [6.07, 6.45) is 3.10. The number of carbonyl (C=O) groups is 1. The minimum absolute atomic E-state index is 0.0908. The highest BCUT2D eigenvalue weighted by Crippen LogP contribution is 2.46. The summed E-state index contributed by atoms with van der Waals surface area (Å²) < 4.78 is 41.5. The molecule has 1 aliphatic carbocycles. The van der Waals surface area contributed by atoms with Crippen LogP contribution < -0.4 is 0 Å². The normalized spacial score (nSPS) is 27.1. The Labute approximate surface area is 202 Å². The molecular weight excluding hydrogens is 461 g/mol. The lowest BCUT2D eigenvalue weighted by Gasteiger charge is -2.40. The Hall–Kier alpha value is -2.53. The first-order valence-electron chi connectivity index (χ1n) is 12.3. The Bertz CT molecular complexity index is 1050. The number of amides is 1. The molecular formula is C24H31F3N6O2. The van der Waals surface area contributed by atoms with E-state index in [4.69, 9.17) is 0 Å². The second kappa shape index (κ2) is 9.16. The van der Waals surface area contributed by atoms with E-state index in [0.29, 0.717) is 43.1 Å². The number of hydrogen-bond acceptors (Lipinski definition) is 6. The fourth-order valence-electron chi connectivity index (χ4n) is 6.10. The number of alkyl halides is 3. The number of rotatable bonds is 4. The molecule has 2 aliphatic heterocycles. The van der Waals surface area contributed by atoms with Crippen molar-refractivity contribution in [1.82, 2.24) is 29.5 Å². The summed E-state index contributed by atoms with van der Waals surface area (Å²) in [4.78, 5) is 25.9. The van der Waals surface area contributed by atoms with Crippen LogP contribution in [0.5, 0.6) is 0 Å². The van der Waals surface area contributed by atoms with Gasteiger partial charge in [0.1, 0.15) is 12.7 Å². The highest BCUT2D eigenvalue weighted by Gasteiger charge is 2.52. The number of piperidine rings is 1. The molecule has 1 amide bonds. The highest BCUT2D eigenvalue weighted by molar-refractivity contribution is 5.84. The minimum Gasteiger partial charge on any atom is -0.392 e. The Morgan fingerprint density at radius 1 is 1.20 bits per heavy atom. The van der Waals surface area contributed by atoms with Crippen molar-refractivity contribution in [2.75, 3.05) is 19.6 Å². The molecule has 8 nitrogen and oxygen atoms in total. The zero-order valence-electron chi connectivity index (χ0n) is 19.8. The second-order valence-corrected chi connectivity index (χ2v) is 10.2. The lowest BCUT2D eigenvalue weighted by atomic mass is 9.78. The largest absolute Gasteiger partial charge is 0.417 e. The number of carbonyl (C=O) groups excluding carboxylic acids is 1. The molecule has 5 rings (SSSR count). The van der Waals surface area contributed by atoms with Gasteiger partial charge >= 0.3 is 6.18 Å². The van der Waals surface area contributed by atoms with E-state index in [1.54, 1.807) is 24.5 Å². The summed E-state index contributed by atoms with van der Waals surface area (Å²) >= 11 is 0. The van der Waals surface area contributed by atoms with Crippen molar-refractivity contribution < 1.29 is 23.1 Å². The van der Waals surface area contributed by atoms with Crippen molar-refractivity contribution in [3.05, 3.63) is 41.7 Å². The molecule has 4 heterocycles. The molecule has 0 spiro atoms. The van der Waals surface area contributed by atoms with E-state index in [1.165, 1.54) is 0 Å². The number of aliphatic hydroxyl groups excluding tert-OH is 1. The van der Waals surface area contributed by atoms with E-state index < -0.39 is 23.3 Å². The first-order chi connectivity index (χ1) is 16.7. The summed E-state index contributed by atoms with van der Waals surface area (Å²) in [6.45, 7) is 3.93. The van der Waals surface area contributed by atoms with Crippen molar-refractivity contribution in [3.8, 4) is 0 Å². The SMILES string of the molecule is CC(O)C1(C(=O)N2CCc3ncc(C(F)(F)F)cc3C2)CCC(N2CCC(n3cncn3)CC2)C1. The Morgan fingerprint density at radius 3 is 2.63 bits per heavy atom. The zero-order valence-corrected chi connectivity index (χ0v) is 19.8. The topological polar surface area (TPSA) is 87.4 Å². The van der Waals surface area contributed by atoms with E-state index in [9.17, 15) is 23.1 Å². The van der Waals surface area contributed by atoms with Gasteiger partial charge in [-0.2, -0.15) is 18.3 Å².